The number of hydrogen-bond donors (Lipinski definition) is 3. The molecule has 0 spiro atoms. The van der Waals surface area contributed by atoms with Gasteiger partial charge in [0, 0.05) is 17.7 Å². The minimum atomic E-state index is -1.52. The molecule has 0 aliphatic heterocycles. The third-order valence-electron chi connectivity index (χ3n) is 5.88. The van der Waals surface area contributed by atoms with Gasteiger partial charge in [0.05, 0.1) is 37.9 Å². The average molecular weight is 691 g/mol. The SMILES string of the molecule is O=C(Nc1cc(NC(=O)C(Cl)Cl)c(F)cc1F)c1cc(NC(=O)[C@H]2[C@H](c3ccc(Cl)c(Cl)c3)C2(Cl)Cl)ccc1Cl. The predicted octanol–water partition coefficient (Wildman–Crippen LogP) is 8.45. The molecule has 0 heterocycles. The lowest BCUT2D eigenvalue weighted by Crippen LogP contribution is -2.20. The Morgan fingerprint density at radius 3 is 2.02 bits per heavy atom. The van der Waals surface area contributed by atoms with Crippen molar-refractivity contribution in [2.75, 3.05) is 16.0 Å². The van der Waals surface area contributed by atoms with Gasteiger partial charge in [0.15, 0.2) is 4.84 Å². The van der Waals surface area contributed by atoms with E-state index in [0.29, 0.717) is 16.7 Å². The molecule has 3 N–H and O–H groups in total. The molecular formula is C25H14Cl7F2N3O3. The fourth-order valence-corrected chi connectivity index (χ4v) is 5.34. The van der Waals surface area contributed by atoms with Gasteiger partial charge in [-0.05, 0) is 42.0 Å². The van der Waals surface area contributed by atoms with Crippen LogP contribution in [0.5, 0.6) is 0 Å². The fraction of sp³-hybridized carbons (Fsp3) is 0.160. The van der Waals surface area contributed by atoms with Gasteiger partial charge in [-0.3, -0.25) is 14.4 Å². The Morgan fingerprint density at radius 2 is 1.40 bits per heavy atom. The summed E-state index contributed by atoms with van der Waals surface area (Å²) in [6, 6.07) is 10.1. The van der Waals surface area contributed by atoms with Crippen molar-refractivity contribution in [3.8, 4) is 0 Å². The Hall–Kier alpha value is -2.04. The number of rotatable bonds is 7. The van der Waals surface area contributed by atoms with Gasteiger partial charge in [-0.15, -0.1) is 23.2 Å². The topological polar surface area (TPSA) is 87.3 Å². The number of amides is 3. The fourth-order valence-electron chi connectivity index (χ4n) is 3.89. The zero-order valence-electron chi connectivity index (χ0n) is 19.5. The van der Waals surface area contributed by atoms with Crippen LogP contribution in [0.2, 0.25) is 15.1 Å². The summed E-state index contributed by atoms with van der Waals surface area (Å²) in [5.74, 6) is -6.12. The maximum atomic E-state index is 14.4. The summed E-state index contributed by atoms with van der Waals surface area (Å²) in [6.45, 7) is 0. The first-order valence-electron chi connectivity index (χ1n) is 11.0. The molecule has 1 fully saturated rings. The Balaban J connectivity index is 1.51. The number of carbonyl (C=O) groups is 3. The number of carbonyl (C=O) groups excluding carboxylic acids is 3. The Kier molecular flexibility index (Phi) is 9.32. The van der Waals surface area contributed by atoms with Crippen LogP contribution in [-0.2, 0) is 9.59 Å². The lowest BCUT2D eigenvalue weighted by Gasteiger charge is -2.13. The highest BCUT2D eigenvalue weighted by Gasteiger charge is 2.67. The van der Waals surface area contributed by atoms with Gasteiger partial charge in [-0.25, -0.2) is 8.78 Å². The van der Waals surface area contributed by atoms with Crippen LogP contribution >= 0.6 is 81.2 Å². The van der Waals surface area contributed by atoms with E-state index in [0.717, 1.165) is 6.07 Å². The van der Waals surface area contributed by atoms with Gasteiger partial charge >= 0.3 is 0 Å². The molecular weight excluding hydrogens is 676 g/mol. The van der Waals surface area contributed by atoms with E-state index < -0.39 is 61.7 Å². The first kappa shape index (κ1) is 30.9. The van der Waals surface area contributed by atoms with Crippen molar-refractivity contribution in [2.24, 2.45) is 5.92 Å². The van der Waals surface area contributed by atoms with Crippen LogP contribution in [0.1, 0.15) is 21.8 Å². The lowest BCUT2D eigenvalue weighted by atomic mass is 10.1. The van der Waals surface area contributed by atoms with Crippen molar-refractivity contribution in [1.82, 2.24) is 0 Å². The summed E-state index contributed by atoms with van der Waals surface area (Å²) < 4.78 is 27.1. The predicted molar refractivity (Wildman–Crippen MR) is 156 cm³/mol. The summed E-state index contributed by atoms with van der Waals surface area (Å²) in [5.41, 5.74) is -0.349. The summed E-state index contributed by atoms with van der Waals surface area (Å²) in [4.78, 5) is 36.1. The van der Waals surface area contributed by atoms with E-state index in [-0.39, 0.29) is 21.3 Å². The molecule has 210 valence electrons. The molecule has 0 saturated heterocycles. The second-order valence-electron chi connectivity index (χ2n) is 8.54. The van der Waals surface area contributed by atoms with Gasteiger partial charge in [0.25, 0.3) is 11.8 Å². The molecule has 2 atom stereocenters. The Morgan fingerprint density at radius 1 is 0.775 bits per heavy atom. The molecule has 0 radical (unpaired) electrons. The van der Waals surface area contributed by atoms with Crippen LogP contribution in [-0.4, -0.2) is 26.9 Å². The van der Waals surface area contributed by atoms with Crippen molar-refractivity contribution in [3.63, 3.8) is 0 Å². The van der Waals surface area contributed by atoms with Crippen LogP contribution in [0.4, 0.5) is 25.8 Å². The molecule has 6 nitrogen and oxygen atoms in total. The Bertz CT molecular complexity index is 1540. The van der Waals surface area contributed by atoms with Crippen LogP contribution in [0, 0.1) is 17.6 Å². The molecule has 0 aromatic heterocycles. The molecule has 1 aliphatic rings. The van der Waals surface area contributed by atoms with Crippen LogP contribution < -0.4 is 16.0 Å². The number of benzene rings is 3. The van der Waals surface area contributed by atoms with E-state index in [1.54, 1.807) is 18.2 Å². The van der Waals surface area contributed by atoms with Crippen LogP contribution in [0.15, 0.2) is 48.5 Å². The van der Waals surface area contributed by atoms with Crippen molar-refractivity contribution >= 4 is 116 Å². The van der Waals surface area contributed by atoms with E-state index in [2.05, 4.69) is 16.0 Å². The first-order valence-corrected chi connectivity index (χ1v) is 13.8. The second kappa shape index (κ2) is 12.1. The minimum absolute atomic E-state index is 0.0391. The zero-order valence-corrected chi connectivity index (χ0v) is 24.8. The molecule has 40 heavy (non-hydrogen) atoms. The zero-order chi connectivity index (χ0) is 29.5. The maximum Gasteiger partial charge on any atom is 0.257 e. The van der Waals surface area contributed by atoms with Crippen LogP contribution in [0.3, 0.4) is 0 Å². The molecule has 15 heteroatoms. The molecule has 0 bridgehead atoms. The molecule has 0 unspecified atom stereocenters. The lowest BCUT2D eigenvalue weighted by molar-refractivity contribution is -0.117. The monoisotopic (exact) mass is 687 g/mol. The normalized spacial score (nSPS) is 17.4. The summed E-state index contributed by atoms with van der Waals surface area (Å²) in [5, 5.41) is 7.51. The summed E-state index contributed by atoms with van der Waals surface area (Å²) >= 11 is 41.9. The molecule has 3 aromatic rings. The largest absolute Gasteiger partial charge is 0.326 e. The first-order chi connectivity index (χ1) is 18.7. The highest BCUT2D eigenvalue weighted by molar-refractivity contribution is 6.54. The van der Waals surface area contributed by atoms with Crippen molar-refractivity contribution in [3.05, 3.63) is 86.4 Å². The second-order valence-corrected chi connectivity index (χ2v) is 12.3. The van der Waals surface area contributed by atoms with E-state index in [4.69, 9.17) is 81.2 Å². The third-order valence-corrected chi connectivity index (χ3v) is 8.28. The van der Waals surface area contributed by atoms with Crippen molar-refractivity contribution in [2.45, 2.75) is 15.1 Å². The highest BCUT2D eigenvalue weighted by atomic mass is 35.5. The van der Waals surface area contributed by atoms with Gasteiger partial charge < -0.3 is 16.0 Å². The quantitative estimate of drug-likeness (QED) is 0.218. The molecule has 1 saturated carbocycles. The van der Waals surface area contributed by atoms with E-state index in [9.17, 15) is 23.2 Å². The summed E-state index contributed by atoms with van der Waals surface area (Å²) in [7, 11) is 0. The molecule has 4 rings (SSSR count). The van der Waals surface area contributed by atoms with E-state index in [1.165, 1.54) is 18.2 Å². The number of hydrogen-bond acceptors (Lipinski definition) is 3. The van der Waals surface area contributed by atoms with Crippen molar-refractivity contribution < 1.29 is 23.2 Å². The number of halogens is 9. The van der Waals surface area contributed by atoms with Gasteiger partial charge in [0.1, 0.15) is 16.0 Å². The number of alkyl halides is 4. The van der Waals surface area contributed by atoms with Gasteiger partial charge in [0.2, 0.25) is 5.91 Å². The third kappa shape index (κ3) is 6.54. The van der Waals surface area contributed by atoms with Gasteiger partial charge in [-0.1, -0.05) is 64.1 Å². The molecule has 3 amide bonds. The van der Waals surface area contributed by atoms with E-state index in [1.807, 2.05) is 0 Å². The van der Waals surface area contributed by atoms with Crippen LogP contribution in [0.25, 0.3) is 0 Å². The number of anilines is 3. The minimum Gasteiger partial charge on any atom is -0.326 e. The summed E-state index contributed by atoms with van der Waals surface area (Å²) in [6.07, 6.45) is 0. The average Bonchev–Trinajstić information content (AvgIpc) is 3.46. The van der Waals surface area contributed by atoms with E-state index >= 15 is 0 Å². The number of nitrogens with one attached hydrogen (secondary N) is 3. The Labute approximate surface area is 261 Å². The smallest absolute Gasteiger partial charge is 0.257 e. The standard InChI is InChI=1S/C25H14Cl7F2N3O3/c26-12-4-2-10(35-23(39)20-19(25(20,31)32)9-1-3-13(27)14(28)5-9)6-11(12)22(38)36-17-8-18(16(34)7-15(17)33)37-24(40)21(29)30/h1-8,19-21H,(H,35,39)(H,36,38)(H,37,40)/t19-,20+/m0/s1. The molecule has 1 aliphatic carbocycles. The van der Waals surface area contributed by atoms with Crippen molar-refractivity contribution in [1.29, 1.82) is 0 Å². The molecule has 3 aromatic carbocycles. The van der Waals surface area contributed by atoms with Gasteiger partial charge in [-0.2, -0.15) is 0 Å². The highest BCUT2D eigenvalue weighted by Crippen LogP contribution is 2.65. The maximum absolute atomic E-state index is 14.4.